The van der Waals surface area contributed by atoms with Gasteiger partial charge in [-0.25, -0.2) is 9.97 Å². The lowest BCUT2D eigenvalue weighted by molar-refractivity contribution is 0.509. The zero-order valence-corrected chi connectivity index (χ0v) is 18.8. The fourth-order valence-electron chi connectivity index (χ4n) is 4.10. The van der Waals surface area contributed by atoms with Crippen LogP contribution in [0.25, 0.3) is 10.2 Å². The largest absolute Gasteiger partial charge is 0.337 e. The number of thiophene rings is 1. The van der Waals surface area contributed by atoms with Crippen molar-refractivity contribution in [2.45, 2.75) is 50.4 Å². The number of nitrogens with zero attached hydrogens (tertiary/aromatic N) is 2. The van der Waals surface area contributed by atoms with Crippen molar-refractivity contribution < 1.29 is 0 Å². The third kappa shape index (κ3) is 3.84. The average molecular weight is 437 g/mol. The third-order valence-corrected chi connectivity index (χ3v) is 7.77. The van der Waals surface area contributed by atoms with Gasteiger partial charge in [0.05, 0.1) is 16.8 Å². The van der Waals surface area contributed by atoms with E-state index in [0.29, 0.717) is 17.5 Å². The summed E-state index contributed by atoms with van der Waals surface area (Å²) in [6.07, 6.45) is 4.02. The quantitative estimate of drug-likeness (QED) is 0.431. The van der Waals surface area contributed by atoms with Crippen LogP contribution in [0.1, 0.15) is 46.6 Å². The average Bonchev–Trinajstić information content (AvgIpc) is 3.26. The van der Waals surface area contributed by atoms with Crippen molar-refractivity contribution in [3.63, 3.8) is 0 Å². The predicted octanol–water partition coefficient (Wildman–Crippen LogP) is 5.02. The second kappa shape index (κ2) is 8.04. The molecule has 4 aromatic rings. The number of aromatic nitrogens is 4. The molecule has 3 aromatic heterocycles. The van der Waals surface area contributed by atoms with E-state index in [0.717, 1.165) is 52.4 Å². The second-order valence-corrected chi connectivity index (χ2v) is 10.2. The van der Waals surface area contributed by atoms with Gasteiger partial charge in [0.1, 0.15) is 10.7 Å². The number of H-pyrrole nitrogens is 2. The first-order valence-corrected chi connectivity index (χ1v) is 12.1. The maximum absolute atomic E-state index is 12.8. The molecule has 1 aliphatic carbocycles. The molecule has 1 aliphatic rings. The van der Waals surface area contributed by atoms with E-state index in [-0.39, 0.29) is 5.56 Å². The molecular weight excluding hydrogens is 412 g/mol. The zero-order valence-electron chi connectivity index (χ0n) is 17.1. The van der Waals surface area contributed by atoms with Crippen molar-refractivity contribution in [1.29, 1.82) is 0 Å². The number of hydrogen-bond acceptors (Lipinski definition) is 5. The van der Waals surface area contributed by atoms with Gasteiger partial charge in [0, 0.05) is 17.0 Å². The molecule has 1 unspecified atom stereocenters. The molecule has 2 N–H and O–H groups in total. The number of benzene rings is 1. The van der Waals surface area contributed by atoms with E-state index in [1.54, 1.807) is 23.1 Å². The van der Waals surface area contributed by atoms with E-state index in [4.69, 9.17) is 9.97 Å². The lowest BCUT2D eigenvalue weighted by Gasteiger charge is -2.17. The van der Waals surface area contributed by atoms with Gasteiger partial charge in [0.15, 0.2) is 5.16 Å². The smallest absolute Gasteiger partial charge is 0.259 e. The molecular formula is C23H24N4OS2. The van der Waals surface area contributed by atoms with E-state index in [2.05, 4.69) is 35.9 Å². The summed E-state index contributed by atoms with van der Waals surface area (Å²) in [5.74, 6) is 1.98. The molecule has 0 spiro atoms. The van der Waals surface area contributed by atoms with Crippen molar-refractivity contribution in [3.8, 4) is 0 Å². The SMILES string of the molecule is Cc1[nH]c(SCc2nc3sc4c(c3c(=O)[nH]2)CCC(C)C4)nc1Cc1ccccc1. The minimum absolute atomic E-state index is 0.00282. The number of thioether (sulfide) groups is 1. The van der Waals surface area contributed by atoms with Gasteiger partial charge in [0.2, 0.25) is 0 Å². The van der Waals surface area contributed by atoms with Gasteiger partial charge < -0.3 is 9.97 Å². The van der Waals surface area contributed by atoms with Crippen LogP contribution in [0.15, 0.2) is 40.3 Å². The lowest BCUT2D eigenvalue weighted by Crippen LogP contribution is -2.14. The number of hydrogen-bond donors (Lipinski definition) is 2. The summed E-state index contributed by atoms with van der Waals surface area (Å²) >= 11 is 3.27. The van der Waals surface area contributed by atoms with Gasteiger partial charge >= 0.3 is 0 Å². The van der Waals surface area contributed by atoms with E-state index in [1.165, 1.54) is 16.0 Å². The molecule has 0 radical (unpaired) electrons. The lowest BCUT2D eigenvalue weighted by atomic mass is 9.89. The van der Waals surface area contributed by atoms with Crippen LogP contribution in [0.3, 0.4) is 0 Å². The molecule has 154 valence electrons. The monoisotopic (exact) mass is 436 g/mol. The zero-order chi connectivity index (χ0) is 20.7. The van der Waals surface area contributed by atoms with E-state index >= 15 is 0 Å². The van der Waals surface area contributed by atoms with Crippen molar-refractivity contribution in [3.05, 3.63) is 73.9 Å². The summed E-state index contributed by atoms with van der Waals surface area (Å²) in [6, 6.07) is 10.4. The molecule has 0 aliphatic heterocycles. The molecule has 7 heteroatoms. The molecule has 5 nitrogen and oxygen atoms in total. The number of nitrogens with one attached hydrogen (secondary N) is 2. The second-order valence-electron chi connectivity index (χ2n) is 8.11. The highest BCUT2D eigenvalue weighted by molar-refractivity contribution is 7.98. The van der Waals surface area contributed by atoms with Crippen LogP contribution in [0.5, 0.6) is 0 Å². The maximum Gasteiger partial charge on any atom is 0.259 e. The normalized spacial score (nSPS) is 16.1. The fourth-order valence-corrected chi connectivity index (χ4v) is 6.31. The van der Waals surface area contributed by atoms with Crippen LogP contribution < -0.4 is 5.56 Å². The molecule has 3 heterocycles. The third-order valence-electron chi connectivity index (χ3n) is 5.74. The van der Waals surface area contributed by atoms with Gasteiger partial charge in [-0.15, -0.1) is 11.3 Å². The molecule has 1 aromatic carbocycles. The highest BCUT2D eigenvalue weighted by Crippen LogP contribution is 2.35. The van der Waals surface area contributed by atoms with Crippen LogP contribution in [0, 0.1) is 12.8 Å². The molecule has 5 rings (SSSR count). The first-order valence-electron chi connectivity index (χ1n) is 10.3. The number of aromatic amines is 2. The Bertz CT molecular complexity index is 1260. The molecule has 0 saturated carbocycles. The van der Waals surface area contributed by atoms with Gasteiger partial charge in [-0.3, -0.25) is 4.79 Å². The number of rotatable bonds is 5. The molecule has 0 amide bonds. The van der Waals surface area contributed by atoms with Gasteiger partial charge in [0.25, 0.3) is 5.56 Å². The fraction of sp³-hybridized carbons (Fsp3) is 0.348. The Morgan fingerprint density at radius 1 is 1.20 bits per heavy atom. The topological polar surface area (TPSA) is 74.4 Å². The molecule has 1 atom stereocenters. The van der Waals surface area contributed by atoms with Crippen molar-refractivity contribution >= 4 is 33.3 Å². The number of fused-ring (bicyclic) bond motifs is 3. The number of imidazole rings is 1. The molecule has 30 heavy (non-hydrogen) atoms. The highest BCUT2D eigenvalue weighted by atomic mass is 32.2. The minimum Gasteiger partial charge on any atom is -0.337 e. The first kappa shape index (κ1) is 19.6. The Morgan fingerprint density at radius 2 is 2.03 bits per heavy atom. The summed E-state index contributed by atoms with van der Waals surface area (Å²) in [7, 11) is 0. The Morgan fingerprint density at radius 3 is 2.87 bits per heavy atom. The van der Waals surface area contributed by atoms with Gasteiger partial charge in [-0.1, -0.05) is 49.0 Å². The molecule has 0 fully saturated rings. The summed E-state index contributed by atoms with van der Waals surface area (Å²) in [5, 5.41) is 1.68. The first-order chi connectivity index (χ1) is 14.6. The van der Waals surface area contributed by atoms with Crippen LogP contribution in [-0.4, -0.2) is 19.9 Å². The van der Waals surface area contributed by atoms with Gasteiger partial charge in [-0.05, 0) is 43.2 Å². The summed E-state index contributed by atoms with van der Waals surface area (Å²) in [6.45, 7) is 4.34. The molecule has 0 saturated heterocycles. The Hall–Kier alpha value is -2.38. The Kier molecular flexibility index (Phi) is 5.25. The van der Waals surface area contributed by atoms with Crippen molar-refractivity contribution in [1.82, 2.24) is 19.9 Å². The standard InChI is InChI=1S/C23H24N4OS2/c1-13-8-9-16-18(10-13)30-22-20(16)21(28)26-19(27-22)12-29-23-24-14(2)17(25-23)11-15-6-4-3-5-7-15/h3-7,13H,8-12H2,1-2H3,(H,24,25)(H,26,27,28). The van der Waals surface area contributed by atoms with Crippen molar-refractivity contribution in [2.24, 2.45) is 5.92 Å². The Balaban J connectivity index is 1.34. The van der Waals surface area contributed by atoms with E-state index < -0.39 is 0 Å². The maximum atomic E-state index is 12.8. The van der Waals surface area contributed by atoms with Crippen molar-refractivity contribution in [2.75, 3.05) is 0 Å². The van der Waals surface area contributed by atoms with Crippen LogP contribution in [0.4, 0.5) is 0 Å². The summed E-state index contributed by atoms with van der Waals surface area (Å²) in [5.41, 5.74) is 4.62. The molecule has 0 bridgehead atoms. The van der Waals surface area contributed by atoms with Crippen LogP contribution in [-0.2, 0) is 25.0 Å². The highest BCUT2D eigenvalue weighted by Gasteiger charge is 2.23. The predicted molar refractivity (Wildman–Crippen MR) is 124 cm³/mol. The summed E-state index contributed by atoms with van der Waals surface area (Å²) in [4.78, 5) is 30.9. The van der Waals surface area contributed by atoms with Crippen LogP contribution >= 0.6 is 23.1 Å². The minimum atomic E-state index is 0.00282. The number of aryl methyl sites for hydroxylation is 2. The van der Waals surface area contributed by atoms with Gasteiger partial charge in [-0.2, -0.15) is 0 Å². The summed E-state index contributed by atoms with van der Waals surface area (Å²) < 4.78 is 0. The van der Waals surface area contributed by atoms with E-state index in [9.17, 15) is 4.79 Å². The Labute approximate surface area is 183 Å². The van der Waals surface area contributed by atoms with E-state index in [1.807, 2.05) is 18.2 Å². The van der Waals surface area contributed by atoms with Crippen LogP contribution in [0.2, 0.25) is 0 Å².